The van der Waals surface area contributed by atoms with Crippen molar-refractivity contribution in [2.45, 2.75) is 6.29 Å². The molecule has 0 fully saturated rings. The zero-order valence-corrected chi connectivity index (χ0v) is 8.37. The Bertz CT molecular complexity index is 490. The molecule has 1 unspecified atom stereocenters. The smallest absolute Gasteiger partial charge is 0.325 e. The number of hydrogen-bond donors (Lipinski definition) is 0. The summed E-state index contributed by atoms with van der Waals surface area (Å²) < 4.78 is 10.7. The Morgan fingerprint density at radius 2 is 1.88 bits per heavy atom. The van der Waals surface area contributed by atoms with Crippen LogP contribution in [0.25, 0.3) is 0 Å². The predicted molar refractivity (Wildman–Crippen MR) is 56.6 cm³/mol. The molecule has 1 aliphatic heterocycles. The fourth-order valence-corrected chi connectivity index (χ4v) is 1.48. The zero-order valence-electron chi connectivity index (χ0n) is 8.37. The highest BCUT2D eigenvalue weighted by atomic mass is 16.8. The summed E-state index contributed by atoms with van der Waals surface area (Å²) >= 11 is 0. The summed E-state index contributed by atoms with van der Waals surface area (Å²) in [6, 6.07) is 13.2. The van der Waals surface area contributed by atoms with E-state index in [1.165, 1.54) is 0 Å². The molecule has 16 heavy (non-hydrogen) atoms. The van der Waals surface area contributed by atoms with Gasteiger partial charge in [0.2, 0.25) is 0 Å². The summed E-state index contributed by atoms with van der Waals surface area (Å²) in [4.78, 5) is 5.14. The minimum absolute atomic E-state index is 0.474. The average molecular weight is 215 g/mol. The van der Waals surface area contributed by atoms with Gasteiger partial charge >= 0.3 is 6.29 Å². The first-order valence-corrected chi connectivity index (χ1v) is 4.93. The first kappa shape index (κ1) is 9.03. The second kappa shape index (κ2) is 3.73. The number of rotatable bonds is 2. The molecule has 0 bridgehead atoms. The Morgan fingerprint density at radius 3 is 2.62 bits per heavy atom. The second-order valence-electron chi connectivity index (χ2n) is 3.33. The summed E-state index contributed by atoms with van der Waals surface area (Å²) in [6.07, 6.45) is 0.993. The molecule has 0 amide bonds. The summed E-state index contributed by atoms with van der Waals surface area (Å²) in [5, 5.41) is 3.88. The van der Waals surface area contributed by atoms with Gasteiger partial charge in [0.15, 0.2) is 5.76 Å². The summed E-state index contributed by atoms with van der Waals surface area (Å²) in [5.74, 6) is 1.08. The maximum absolute atomic E-state index is 5.53. The molecule has 80 valence electrons. The largest absolute Gasteiger partial charge is 0.461 e. The number of nitrogens with zero attached hydrogens (tertiary/aromatic N) is 1. The van der Waals surface area contributed by atoms with E-state index in [0.717, 1.165) is 5.56 Å². The van der Waals surface area contributed by atoms with E-state index in [1.807, 2.05) is 30.3 Å². The maximum atomic E-state index is 5.53. The van der Waals surface area contributed by atoms with Gasteiger partial charge in [-0.1, -0.05) is 18.2 Å². The first-order valence-electron chi connectivity index (χ1n) is 4.93. The molecule has 1 aromatic heterocycles. The molecule has 1 atom stereocenters. The number of furan rings is 1. The molecule has 1 aromatic carbocycles. The lowest BCUT2D eigenvalue weighted by atomic mass is 10.2. The van der Waals surface area contributed by atoms with Crippen molar-refractivity contribution in [3.63, 3.8) is 0 Å². The third kappa shape index (κ3) is 1.54. The van der Waals surface area contributed by atoms with E-state index < -0.39 is 6.29 Å². The summed E-state index contributed by atoms with van der Waals surface area (Å²) in [6.45, 7) is 0. The van der Waals surface area contributed by atoms with Crippen molar-refractivity contribution < 1.29 is 14.0 Å². The van der Waals surface area contributed by atoms with E-state index in [9.17, 15) is 0 Å². The lowest BCUT2D eigenvalue weighted by Crippen LogP contribution is -2.04. The molecule has 2 aromatic rings. The van der Waals surface area contributed by atoms with Crippen molar-refractivity contribution in [3.05, 3.63) is 60.1 Å². The zero-order chi connectivity index (χ0) is 10.8. The molecule has 4 heteroatoms. The van der Waals surface area contributed by atoms with Gasteiger partial charge in [0.25, 0.3) is 5.90 Å². The SMILES string of the molecule is c1ccc(C2=NOC(c3ccco3)O2)cc1. The molecule has 0 aliphatic carbocycles. The van der Waals surface area contributed by atoms with Crippen LogP contribution in [0.4, 0.5) is 0 Å². The van der Waals surface area contributed by atoms with Gasteiger partial charge in [0.05, 0.1) is 6.26 Å². The van der Waals surface area contributed by atoms with Gasteiger partial charge in [-0.25, -0.2) is 0 Å². The van der Waals surface area contributed by atoms with Crippen molar-refractivity contribution in [1.82, 2.24) is 0 Å². The first-order chi connectivity index (χ1) is 7.93. The lowest BCUT2D eigenvalue weighted by molar-refractivity contribution is -0.0639. The van der Waals surface area contributed by atoms with E-state index in [-0.39, 0.29) is 0 Å². The standard InChI is InChI=1S/C12H9NO3/c1-2-5-9(6-3-1)11-13-16-12(15-11)10-7-4-8-14-10/h1-8,12H. The number of hydrogen-bond acceptors (Lipinski definition) is 4. The molecule has 0 saturated heterocycles. The van der Waals surface area contributed by atoms with Crippen molar-refractivity contribution in [1.29, 1.82) is 0 Å². The summed E-state index contributed by atoms with van der Waals surface area (Å²) in [5.41, 5.74) is 0.886. The molecule has 1 aliphatic rings. The molecule has 4 nitrogen and oxygen atoms in total. The fraction of sp³-hybridized carbons (Fsp3) is 0.0833. The van der Waals surface area contributed by atoms with Crippen LogP contribution in [0.1, 0.15) is 17.6 Å². The van der Waals surface area contributed by atoms with Gasteiger partial charge in [-0.05, 0) is 29.4 Å². The highest BCUT2D eigenvalue weighted by Crippen LogP contribution is 2.26. The third-order valence-electron chi connectivity index (χ3n) is 2.25. The van der Waals surface area contributed by atoms with Crippen LogP contribution in [0.2, 0.25) is 0 Å². The van der Waals surface area contributed by atoms with Crippen molar-refractivity contribution in [2.75, 3.05) is 0 Å². The predicted octanol–water partition coefficient (Wildman–Crippen LogP) is 2.69. The van der Waals surface area contributed by atoms with E-state index in [4.69, 9.17) is 14.0 Å². The van der Waals surface area contributed by atoms with E-state index >= 15 is 0 Å². The van der Waals surface area contributed by atoms with E-state index in [0.29, 0.717) is 11.7 Å². The number of ether oxygens (including phenoxy) is 1. The monoisotopic (exact) mass is 215 g/mol. The van der Waals surface area contributed by atoms with Gasteiger partial charge in [-0.3, -0.25) is 0 Å². The maximum Gasteiger partial charge on any atom is 0.325 e. The molecule has 0 radical (unpaired) electrons. The Morgan fingerprint density at radius 1 is 1.00 bits per heavy atom. The van der Waals surface area contributed by atoms with Crippen LogP contribution in [0.15, 0.2) is 58.3 Å². The normalized spacial score (nSPS) is 18.8. The molecular weight excluding hydrogens is 206 g/mol. The van der Waals surface area contributed by atoms with Crippen LogP contribution in [0.5, 0.6) is 0 Å². The van der Waals surface area contributed by atoms with Gasteiger partial charge in [-0.2, -0.15) is 0 Å². The lowest BCUT2D eigenvalue weighted by Gasteiger charge is -2.05. The van der Waals surface area contributed by atoms with E-state index in [1.54, 1.807) is 18.4 Å². The van der Waals surface area contributed by atoms with E-state index in [2.05, 4.69) is 5.16 Å². The Labute approximate surface area is 92.1 Å². The average Bonchev–Trinajstić information content (AvgIpc) is 3.01. The topological polar surface area (TPSA) is 44.0 Å². The Kier molecular flexibility index (Phi) is 2.11. The highest BCUT2D eigenvalue weighted by Gasteiger charge is 2.26. The molecule has 3 rings (SSSR count). The van der Waals surface area contributed by atoms with Crippen LogP contribution in [-0.2, 0) is 9.57 Å². The third-order valence-corrected chi connectivity index (χ3v) is 2.25. The molecule has 0 N–H and O–H groups in total. The minimum Gasteiger partial charge on any atom is -0.461 e. The van der Waals surface area contributed by atoms with Crippen molar-refractivity contribution in [3.8, 4) is 0 Å². The second-order valence-corrected chi connectivity index (χ2v) is 3.33. The van der Waals surface area contributed by atoms with Crippen LogP contribution in [0.3, 0.4) is 0 Å². The highest BCUT2D eigenvalue weighted by molar-refractivity contribution is 5.94. The molecule has 0 saturated carbocycles. The molecule has 2 heterocycles. The minimum atomic E-state index is -0.579. The van der Waals surface area contributed by atoms with Crippen LogP contribution in [-0.4, -0.2) is 5.90 Å². The van der Waals surface area contributed by atoms with Crippen LogP contribution >= 0.6 is 0 Å². The number of oxime groups is 1. The Balaban J connectivity index is 1.78. The van der Waals surface area contributed by atoms with Gasteiger partial charge < -0.3 is 14.0 Å². The van der Waals surface area contributed by atoms with Crippen LogP contribution in [0, 0.1) is 0 Å². The van der Waals surface area contributed by atoms with Gasteiger partial charge in [0, 0.05) is 5.56 Å². The van der Waals surface area contributed by atoms with Crippen molar-refractivity contribution in [2.24, 2.45) is 5.16 Å². The number of benzene rings is 1. The quantitative estimate of drug-likeness (QED) is 0.773. The van der Waals surface area contributed by atoms with Gasteiger partial charge in [-0.15, -0.1) is 0 Å². The molecular formula is C12H9NO3. The summed E-state index contributed by atoms with van der Waals surface area (Å²) in [7, 11) is 0. The Hall–Kier alpha value is -2.23. The van der Waals surface area contributed by atoms with Crippen molar-refractivity contribution >= 4 is 5.90 Å². The van der Waals surface area contributed by atoms with Crippen LogP contribution < -0.4 is 0 Å². The fourth-order valence-electron chi connectivity index (χ4n) is 1.48. The molecule has 0 spiro atoms. The van der Waals surface area contributed by atoms with Gasteiger partial charge in [0.1, 0.15) is 0 Å².